The van der Waals surface area contributed by atoms with Crippen LogP contribution in [0.25, 0.3) is 65.1 Å². The first kappa shape index (κ1) is 20.1. The Balaban J connectivity index is 1.44. The summed E-state index contributed by atoms with van der Waals surface area (Å²) in [6, 6.07) is 32.6. The molecule has 3 heterocycles. The van der Waals surface area contributed by atoms with Crippen molar-refractivity contribution in [1.29, 1.82) is 0 Å². The van der Waals surface area contributed by atoms with Gasteiger partial charge in [0.2, 0.25) is 0 Å². The van der Waals surface area contributed by atoms with Crippen LogP contribution in [0.1, 0.15) is 18.2 Å². The minimum Gasteiger partial charge on any atom is -0.456 e. The number of thiophene rings is 1. The molecule has 7 aromatic rings. The van der Waals surface area contributed by atoms with Gasteiger partial charge in [-0.3, -0.25) is 0 Å². The molecule has 1 aliphatic carbocycles. The number of hydrogen-bond acceptors (Lipinski definition) is 2. The summed E-state index contributed by atoms with van der Waals surface area (Å²) in [6.07, 6.45) is 5.75. The van der Waals surface area contributed by atoms with Crippen LogP contribution in [0.3, 0.4) is 0 Å². The second-order valence-electron chi connectivity index (χ2n) is 9.87. The van der Waals surface area contributed by atoms with Crippen molar-refractivity contribution in [3.05, 3.63) is 108 Å². The topological polar surface area (TPSA) is 18.1 Å². The lowest BCUT2D eigenvalue weighted by Gasteiger charge is -2.17. The summed E-state index contributed by atoms with van der Waals surface area (Å²) in [7, 11) is 0. The Labute approximate surface area is 212 Å². The molecule has 0 fully saturated rings. The maximum Gasteiger partial charge on any atom is 0.135 e. The molecule has 0 spiro atoms. The predicted molar refractivity (Wildman–Crippen MR) is 153 cm³/mol. The van der Waals surface area contributed by atoms with Gasteiger partial charge in [0.25, 0.3) is 0 Å². The number of furan rings is 1. The standard InChI is InChI=1S/C33H23NOS/c1-20-11-14-25-28(17-20)34(23-13-16-30-26(19-23)24-9-5-6-10-29(24)35-30)27-15-12-22-18-31(36-33(22)32(25)27)21-7-3-2-4-8-21/h2-16,18-20H,17H2,1H3. The van der Waals surface area contributed by atoms with E-state index in [-0.39, 0.29) is 0 Å². The highest BCUT2D eigenvalue weighted by Crippen LogP contribution is 2.44. The molecule has 0 radical (unpaired) electrons. The van der Waals surface area contributed by atoms with Gasteiger partial charge in [0.1, 0.15) is 11.2 Å². The molecule has 3 heteroatoms. The first-order valence-corrected chi connectivity index (χ1v) is 13.3. The smallest absolute Gasteiger partial charge is 0.135 e. The van der Waals surface area contributed by atoms with E-state index in [0.29, 0.717) is 5.92 Å². The van der Waals surface area contributed by atoms with Crippen LogP contribution in [0.15, 0.2) is 101 Å². The minimum absolute atomic E-state index is 0.512. The van der Waals surface area contributed by atoms with Crippen LogP contribution in [0.2, 0.25) is 0 Å². The average molecular weight is 482 g/mol. The molecular formula is C33H23NOS. The number of fused-ring (bicyclic) bond motifs is 8. The maximum absolute atomic E-state index is 6.13. The van der Waals surface area contributed by atoms with Gasteiger partial charge in [0, 0.05) is 42.7 Å². The number of aromatic nitrogens is 1. The lowest BCUT2D eigenvalue weighted by atomic mass is 9.94. The van der Waals surface area contributed by atoms with Crippen LogP contribution in [-0.2, 0) is 6.42 Å². The predicted octanol–water partition coefficient (Wildman–Crippen LogP) is 9.62. The van der Waals surface area contributed by atoms with Crippen LogP contribution < -0.4 is 0 Å². The van der Waals surface area contributed by atoms with Gasteiger partial charge < -0.3 is 8.98 Å². The van der Waals surface area contributed by atoms with E-state index in [1.807, 2.05) is 23.5 Å². The first-order valence-electron chi connectivity index (χ1n) is 12.5. The van der Waals surface area contributed by atoms with Crippen molar-refractivity contribution < 1.29 is 4.42 Å². The Morgan fingerprint density at radius 3 is 2.58 bits per heavy atom. The van der Waals surface area contributed by atoms with E-state index < -0.39 is 0 Å². The number of para-hydroxylation sites is 1. The monoisotopic (exact) mass is 481 g/mol. The zero-order valence-corrected chi connectivity index (χ0v) is 20.7. The van der Waals surface area contributed by atoms with E-state index >= 15 is 0 Å². The molecule has 0 saturated heterocycles. The largest absolute Gasteiger partial charge is 0.456 e. The van der Waals surface area contributed by atoms with Gasteiger partial charge in [0.05, 0.1) is 5.52 Å². The molecule has 0 saturated carbocycles. The molecule has 0 bridgehead atoms. The quantitative estimate of drug-likeness (QED) is 0.240. The minimum atomic E-state index is 0.512. The number of allylic oxidation sites excluding steroid dienone is 1. The van der Waals surface area contributed by atoms with Crippen LogP contribution in [-0.4, -0.2) is 4.57 Å². The third-order valence-electron chi connectivity index (χ3n) is 7.54. The van der Waals surface area contributed by atoms with Crippen LogP contribution in [0.5, 0.6) is 0 Å². The van der Waals surface area contributed by atoms with E-state index in [0.717, 1.165) is 17.6 Å². The van der Waals surface area contributed by atoms with Crippen molar-refractivity contribution in [3.63, 3.8) is 0 Å². The number of nitrogens with zero attached hydrogens (tertiary/aromatic N) is 1. The average Bonchev–Trinajstić information content (AvgIpc) is 3.60. The Kier molecular flexibility index (Phi) is 4.17. The van der Waals surface area contributed by atoms with Crippen LogP contribution in [0, 0.1) is 5.92 Å². The van der Waals surface area contributed by atoms with Crippen molar-refractivity contribution in [2.45, 2.75) is 13.3 Å². The molecule has 0 amide bonds. The van der Waals surface area contributed by atoms with Crippen molar-refractivity contribution in [2.75, 3.05) is 0 Å². The van der Waals surface area contributed by atoms with Gasteiger partial charge in [-0.2, -0.15) is 0 Å². The van der Waals surface area contributed by atoms with Gasteiger partial charge in [-0.05, 0) is 59.7 Å². The zero-order chi connectivity index (χ0) is 23.8. The second-order valence-corrected chi connectivity index (χ2v) is 10.9. The van der Waals surface area contributed by atoms with Crippen molar-refractivity contribution >= 4 is 60.3 Å². The van der Waals surface area contributed by atoms with E-state index in [4.69, 9.17) is 4.42 Å². The SMILES string of the molecule is CC1C=Cc2c(n(-c3ccc4oc5ccccc5c4c3)c3ccc4cc(-c5ccccc5)sc4c23)C1. The van der Waals surface area contributed by atoms with Crippen molar-refractivity contribution in [2.24, 2.45) is 5.92 Å². The number of benzene rings is 4. The Morgan fingerprint density at radius 1 is 0.833 bits per heavy atom. The second kappa shape index (κ2) is 7.46. The third-order valence-corrected chi connectivity index (χ3v) is 8.76. The highest BCUT2D eigenvalue weighted by Gasteiger charge is 2.24. The van der Waals surface area contributed by atoms with Gasteiger partial charge in [-0.1, -0.05) is 73.7 Å². The lowest BCUT2D eigenvalue weighted by molar-refractivity contribution is 0.668. The molecule has 2 nitrogen and oxygen atoms in total. The first-order chi connectivity index (χ1) is 17.7. The molecule has 0 N–H and O–H groups in total. The molecular weight excluding hydrogens is 458 g/mol. The van der Waals surface area contributed by atoms with Gasteiger partial charge in [-0.15, -0.1) is 11.3 Å². The fourth-order valence-electron chi connectivity index (χ4n) is 5.86. The summed E-state index contributed by atoms with van der Waals surface area (Å²) in [5.41, 5.74) is 8.39. The highest BCUT2D eigenvalue weighted by atomic mass is 32.1. The summed E-state index contributed by atoms with van der Waals surface area (Å²) in [4.78, 5) is 1.32. The van der Waals surface area contributed by atoms with Crippen LogP contribution in [0.4, 0.5) is 0 Å². The Bertz CT molecular complexity index is 1980. The molecule has 36 heavy (non-hydrogen) atoms. The molecule has 0 aliphatic heterocycles. The van der Waals surface area contributed by atoms with E-state index in [1.54, 1.807) is 0 Å². The molecule has 1 unspecified atom stereocenters. The van der Waals surface area contributed by atoms with Crippen LogP contribution >= 0.6 is 11.3 Å². The summed E-state index contributed by atoms with van der Waals surface area (Å²) in [6.45, 7) is 2.31. The molecule has 3 aromatic heterocycles. The fourth-order valence-corrected chi connectivity index (χ4v) is 7.08. The molecule has 4 aromatic carbocycles. The van der Waals surface area contributed by atoms with Gasteiger partial charge >= 0.3 is 0 Å². The van der Waals surface area contributed by atoms with E-state index in [9.17, 15) is 0 Å². The normalized spacial score (nSPS) is 15.4. The van der Waals surface area contributed by atoms with E-state index in [2.05, 4.69) is 103 Å². The summed E-state index contributed by atoms with van der Waals surface area (Å²) < 4.78 is 9.99. The molecule has 172 valence electrons. The summed E-state index contributed by atoms with van der Waals surface area (Å²) in [5.74, 6) is 0.512. The van der Waals surface area contributed by atoms with Crippen molar-refractivity contribution in [1.82, 2.24) is 4.57 Å². The lowest BCUT2D eigenvalue weighted by Crippen LogP contribution is -2.08. The summed E-state index contributed by atoms with van der Waals surface area (Å²) >= 11 is 1.91. The van der Waals surface area contributed by atoms with Gasteiger partial charge in [0.15, 0.2) is 0 Å². The highest BCUT2D eigenvalue weighted by molar-refractivity contribution is 7.23. The van der Waals surface area contributed by atoms with Gasteiger partial charge in [-0.25, -0.2) is 0 Å². The molecule has 8 rings (SSSR count). The molecule has 1 atom stereocenters. The van der Waals surface area contributed by atoms with E-state index in [1.165, 1.54) is 59.1 Å². The molecule has 1 aliphatic rings. The Hall–Kier alpha value is -4.08. The Morgan fingerprint density at radius 2 is 1.67 bits per heavy atom. The number of rotatable bonds is 2. The number of hydrogen-bond donors (Lipinski definition) is 0. The zero-order valence-electron chi connectivity index (χ0n) is 19.9. The fraction of sp³-hybridized carbons (Fsp3) is 0.0909. The van der Waals surface area contributed by atoms with Crippen molar-refractivity contribution in [3.8, 4) is 16.1 Å². The third kappa shape index (κ3) is 2.84. The summed E-state index contributed by atoms with van der Waals surface area (Å²) in [5, 5.41) is 5.02. The maximum atomic E-state index is 6.13.